The van der Waals surface area contributed by atoms with E-state index >= 15 is 0 Å². The zero-order valence-corrected chi connectivity index (χ0v) is 12.9. The van der Waals surface area contributed by atoms with E-state index in [1.807, 2.05) is 0 Å². The standard InChI is InChI=1S/C12H10BCl3N2O3/c14-9-5-17-18(12(19)11(9)16)6-8-3-1-2-7(10(8)15)4-13(20)21/h1-3,5,20-21H,4,6H2. The van der Waals surface area contributed by atoms with Gasteiger partial charge < -0.3 is 10.0 Å². The maximum Gasteiger partial charge on any atom is 0.456 e. The third-order valence-corrected chi connectivity index (χ3v) is 4.06. The Morgan fingerprint density at radius 2 is 1.81 bits per heavy atom. The van der Waals surface area contributed by atoms with Crippen molar-refractivity contribution in [1.82, 2.24) is 9.78 Å². The van der Waals surface area contributed by atoms with E-state index in [2.05, 4.69) is 5.10 Å². The average molecular weight is 347 g/mol. The number of aromatic nitrogens is 2. The molecule has 1 aromatic carbocycles. The van der Waals surface area contributed by atoms with Crippen LogP contribution in [-0.2, 0) is 12.9 Å². The van der Waals surface area contributed by atoms with Gasteiger partial charge in [0.2, 0.25) is 0 Å². The summed E-state index contributed by atoms with van der Waals surface area (Å²) in [5, 5.41) is 22.3. The molecule has 0 unspecified atom stereocenters. The Hall–Kier alpha value is -1.05. The van der Waals surface area contributed by atoms with Gasteiger partial charge in [0, 0.05) is 11.3 Å². The molecule has 2 aromatic rings. The largest absolute Gasteiger partial charge is 0.456 e. The molecule has 0 spiro atoms. The van der Waals surface area contributed by atoms with Crippen LogP contribution in [0.15, 0.2) is 29.2 Å². The molecule has 0 saturated carbocycles. The van der Waals surface area contributed by atoms with Crippen LogP contribution in [0.5, 0.6) is 0 Å². The predicted octanol–water partition coefficient (Wildman–Crippen LogP) is 1.81. The van der Waals surface area contributed by atoms with Crippen molar-refractivity contribution in [3.05, 3.63) is 60.9 Å². The molecule has 0 aliphatic heterocycles. The lowest BCUT2D eigenvalue weighted by molar-refractivity contribution is 0.405. The predicted molar refractivity (Wildman–Crippen MR) is 83.0 cm³/mol. The lowest BCUT2D eigenvalue weighted by Crippen LogP contribution is -2.24. The summed E-state index contributed by atoms with van der Waals surface area (Å²) < 4.78 is 1.13. The Morgan fingerprint density at radius 1 is 1.14 bits per heavy atom. The minimum Gasteiger partial charge on any atom is -0.427 e. The zero-order chi connectivity index (χ0) is 15.6. The summed E-state index contributed by atoms with van der Waals surface area (Å²) in [6.45, 7) is 0.101. The molecule has 2 rings (SSSR count). The molecule has 0 radical (unpaired) electrons. The third kappa shape index (κ3) is 3.78. The van der Waals surface area contributed by atoms with Crippen LogP contribution in [0.2, 0.25) is 15.1 Å². The molecule has 0 bridgehead atoms. The molecule has 0 aliphatic rings. The SMILES string of the molecule is O=c1c(Cl)c(Cl)cnn1Cc1cccc(CB(O)O)c1Cl. The van der Waals surface area contributed by atoms with E-state index in [4.69, 9.17) is 44.9 Å². The van der Waals surface area contributed by atoms with E-state index in [9.17, 15) is 4.79 Å². The van der Waals surface area contributed by atoms with Crippen LogP contribution in [0.4, 0.5) is 0 Å². The monoisotopic (exact) mass is 346 g/mol. The van der Waals surface area contributed by atoms with E-state index in [1.54, 1.807) is 18.2 Å². The summed E-state index contributed by atoms with van der Waals surface area (Å²) in [6, 6.07) is 5.10. The van der Waals surface area contributed by atoms with Crippen LogP contribution >= 0.6 is 34.8 Å². The Labute approximate surface area is 135 Å². The van der Waals surface area contributed by atoms with Crippen molar-refractivity contribution in [1.29, 1.82) is 0 Å². The molecule has 0 amide bonds. The van der Waals surface area contributed by atoms with Gasteiger partial charge in [-0.05, 0) is 11.1 Å². The summed E-state index contributed by atoms with van der Waals surface area (Å²) in [6.07, 6.45) is 1.27. The van der Waals surface area contributed by atoms with Crippen molar-refractivity contribution in [2.24, 2.45) is 0 Å². The van der Waals surface area contributed by atoms with E-state index in [0.29, 0.717) is 16.1 Å². The van der Waals surface area contributed by atoms with Crippen LogP contribution in [-0.4, -0.2) is 26.9 Å². The van der Waals surface area contributed by atoms with Gasteiger partial charge >= 0.3 is 7.12 Å². The molecule has 5 nitrogen and oxygen atoms in total. The topological polar surface area (TPSA) is 75.4 Å². The quantitative estimate of drug-likeness (QED) is 0.827. The van der Waals surface area contributed by atoms with Crippen molar-refractivity contribution < 1.29 is 10.0 Å². The van der Waals surface area contributed by atoms with E-state index < -0.39 is 12.7 Å². The number of hydrogen-bond acceptors (Lipinski definition) is 4. The Kier molecular flexibility index (Phi) is 5.29. The molecule has 2 N–H and O–H groups in total. The first-order chi connectivity index (χ1) is 9.90. The first-order valence-corrected chi connectivity index (χ1v) is 7.07. The van der Waals surface area contributed by atoms with Crippen LogP contribution in [0, 0.1) is 0 Å². The summed E-state index contributed by atoms with van der Waals surface area (Å²) in [7, 11) is -1.50. The molecular weight excluding hydrogens is 337 g/mol. The lowest BCUT2D eigenvalue weighted by atomic mass is 9.81. The van der Waals surface area contributed by atoms with E-state index in [0.717, 1.165) is 4.68 Å². The smallest absolute Gasteiger partial charge is 0.427 e. The van der Waals surface area contributed by atoms with Crippen molar-refractivity contribution in [3.8, 4) is 0 Å². The van der Waals surface area contributed by atoms with Crippen molar-refractivity contribution in [3.63, 3.8) is 0 Å². The number of nitrogens with zero attached hydrogens (tertiary/aromatic N) is 2. The fourth-order valence-corrected chi connectivity index (χ4v) is 2.36. The van der Waals surface area contributed by atoms with Gasteiger partial charge in [0.05, 0.1) is 17.8 Å². The summed E-state index contributed by atoms with van der Waals surface area (Å²) in [4.78, 5) is 11.9. The second kappa shape index (κ2) is 6.81. The number of rotatable bonds is 4. The highest BCUT2D eigenvalue weighted by molar-refractivity contribution is 6.42. The van der Waals surface area contributed by atoms with Crippen LogP contribution in [0.3, 0.4) is 0 Å². The second-order valence-corrected chi connectivity index (χ2v) is 5.51. The first kappa shape index (κ1) is 16.3. The molecule has 1 aromatic heterocycles. The van der Waals surface area contributed by atoms with Gasteiger partial charge in [0.1, 0.15) is 5.02 Å². The van der Waals surface area contributed by atoms with Crippen LogP contribution < -0.4 is 5.56 Å². The molecule has 0 fully saturated rings. The summed E-state index contributed by atoms with van der Waals surface area (Å²) in [5.41, 5.74) is 0.660. The number of hydrogen-bond donors (Lipinski definition) is 2. The molecule has 1 heterocycles. The second-order valence-electron chi connectivity index (χ2n) is 4.34. The van der Waals surface area contributed by atoms with Gasteiger partial charge in [-0.25, -0.2) is 4.68 Å². The van der Waals surface area contributed by atoms with Gasteiger partial charge in [0.15, 0.2) is 0 Å². The van der Waals surface area contributed by atoms with Crippen molar-refractivity contribution >= 4 is 41.9 Å². The van der Waals surface area contributed by atoms with Gasteiger partial charge in [-0.2, -0.15) is 5.10 Å². The van der Waals surface area contributed by atoms with E-state index in [-0.39, 0.29) is 22.9 Å². The maximum atomic E-state index is 11.9. The number of halogens is 3. The van der Waals surface area contributed by atoms with E-state index in [1.165, 1.54) is 6.20 Å². The van der Waals surface area contributed by atoms with Crippen molar-refractivity contribution in [2.45, 2.75) is 12.9 Å². The average Bonchev–Trinajstić information content (AvgIpc) is 2.43. The van der Waals surface area contributed by atoms with Crippen LogP contribution in [0.1, 0.15) is 11.1 Å². The molecule has 9 heteroatoms. The molecule has 110 valence electrons. The van der Waals surface area contributed by atoms with Gasteiger partial charge in [-0.3, -0.25) is 4.79 Å². The zero-order valence-electron chi connectivity index (χ0n) is 10.6. The summed E-state index contributed by atoms with van der Waals surface area (Å²) >= 11 is 17.7. The first-order valence-electron chi connectivity index (χ1n) is 5.93. The fourth-order valence-electron chi connectivity index (χ4n) is 1.83. The lowest BCUT2D eigenvalue weighted by Gasteiger charge is -2.10. The Bertz CT molecular complexity index is 721. The third-order valence-electron chi connectivity index (χ3n) is 2.82. The maximum absolute atomic E-state index is 11.9. The highest BCUT2D eigenvalue weighted by atomic mass is 35.5. The van der Waals surface area contributed by atoms with Gasteiger partial charge in [-0.1, -0.05) is 53.0 Å². The molecule has 0 saturated heterocycles. The van der Waals surface area contributed by atoms with Gasteiger partial charge in [0.25, 0.3) is 5.56 Å². The molecule has 21 heavy (non-hydrogen) atoms. The summed E-state index contributed by atoms with van der Waals surface area (Å²) in [5.74, 6) is 0. The Balaban J connectivity index is 2.37. The molecule has 0 atom stereocenters. The minimum absolute atomic E-state index is 0.00360. The Morgan fingerprint density at radius 3 is 2.48 bits per heavy atom. The normalized spacial score (nSPS) is 10.7. The van der Waals surface area contributed by atoms with Gasteiger partial charge in [-0.15, -0.1) is 0 Å². The fraction of sp³-hybridized carbons (Fsp3) is 0.167. The highest BCUT2D eigenvalue weighted by Gasteiger charge is 2.15. The minimum atomic E-state index is -1.50. The van der Waals surface area contributed by atoms with Crippen LogP contribution in [0.25, 0.3) is 0 Å². The number of benzene rings is 1. The molecule has 0 aliphatic carbocycles. The highest BCUT2D eigenvalue weighted by Crippen LogP contribution is 2.23. The molecular formula is C12H10BCl3N2O3. The van der Waals surface area contributed by atoms with Crippen molar-refractivity contribution in [2.75, 3.05) is 0 Å².